The van der Waals surface area contributed by atoms with Gasteiger partial charge in [-0.2, -0.15) is 15.8 Å². The topological polar surface area (TPSA) is 111 Å². The van der Waals surface area contributed by atoms with E-state index in [2.05, 4.69) is 9.72 Å². The van der Waals surface area contributed by atoms with Gasteiger partial charge >= 0.3 is 5.97 Å². The third kappa shape index (κ3) is 2.36. The highest BCUT2D eigenvalue weighted by atomic mass is 16.5. The van der Waals surface area contributed by atoms with Crippen molar-refractivity contribution in [2.75, 3.05) is 7.11 Å². The van der Waals surface area contributed by atoms with Crippen LogP contribution in [0.2, 0.25) is 0 Å². The highest BCUT2D eigenvalue weighted by Crippen LogP contribution is 2.32. The van der Waals surface area contributed by atoms with Gasteiger partial charge in [-0.1, -0.05) is 0 Å². The lowest BCUT2D eigenvalue weighted by atomic mass is 9.75. The summed E-state index contributed by atoms with van der Waals surface area (Å²) in [5.74, 6) is -1.96. The Kier molecular flexibility index (Phi) is 4.19. The van der Waals surface area contributed by atoms with Crippen molar-refractivity contribution in [1.29, 1.82) is 15.8 Å². The second-order valence-corrected chi connectivity index (χ2v) is 3.93. The van der Waals surface area contributed by atoms with Gasteiger partial charge in [0.05, 0.1) is 30.5 Å². The van der Waals surface area contributed by atoms with Crippen molar-refractivity contribution >= 4 is 5.97 Å². The smallest absolute Gasteiger partial charge is 0.320 e. The number of carbonyl (C=O) groups excluding carboxylic acids is 1. The summed E-state index contributed by atoms with van der Waals surface area (Å²) in [6.07, 6.45) is 1.28. The highest BCUT2D eigenvalue weighted by Gasteiger charge is 2.46. The third-order valence-corrected chi connectivity index (χ3v) is 2.87. The molecule has 1 aromatic rings. The van der Waals surface area contributed by atoms with E-state index in [0.29, 0.717) is 5.56 Å². The number of esters is 1. The molecule has 0 aliphatic carbocycles. The molecule has 0 aliphatic rings. The van der Waals surface area contributed by atoms with Gasteiger partial charge in [-0.25, -0.2) is 0 Å². The average Bonchev–Trinajstić information content (AvgIpc) is 2.47. The predicted octanol–water partition coefficient (Wildman–Crippen LogP) is 1.05. The second-order valence-electron chi connectivity index (χ2n) is 3.93. The summed E-state index contributed by atoms with van der Waals surface area (Å²) in [6.45, 7) is 1.42. The van der Waals surface area contributed by atoms with Crippen LogP contribution in [0.4, 0.5) is 0 Å². The maximum Gasteiger partial charge on any atom is 0.320 e. The molecule has 0 radical (unpaired) electrons. The summed E-state index contributed by atoms with van der Waals surface area (Å²) >= 11 is 0. The van der Waals surface area contributed by atoms with Crippen molar-refractivity contribution in [2.24, 2.45) is 5.92 Å². The number of methoxy groups -OCH3 is 1. The van der Waals surface area contributed by atoms with E-state index in [1.807, 2.05) is 6.07 Å². The van der Waals surface area contributed by atoms with Gasteiger partial charge in [0.1, 0.15) is 11.5 Å². The first-order valence-electron chi connectivity index (χ1n) is 5.28. The molecule has 94 valence electrons. The van der Waals surface area contributed by atoms with Gasteiger partial charge in [0.25, 0.3) is 0 Å². The largest absolute Gasteiger partial charge is 0.468 e. The lowest BCUT2D eigenvalue weighted by Gasteiger charge is -2.26. The van der Waals surface area contributed by atoms with Crippen LogP contribution in [0, 0.1) is 39.9 Å². The van der Waals surface area contributed by atoms with Crippen molar-refractivity contribution in [3.05, 3.63) is 29.6 Å². The molecule has 0 aliphatic heterocycles. The van der Waals surface area contributed by atoms with E-state index in [-0.39, 0.29) is 5.69 Å². The number of hydrogen-bond donors (Lipinski definition) is 0. The molecule has 1 atom stereocenters. The lowest BCUT2D eigenvalue weighted by molar-refractivity contribution is -0.147. The monoisotopic (exact) mass is 254 g/mol. The van der Waals surface area contributed by atoms with E-state index in [0.717, 1.165) is 0 Å². The van der Waals surface area contributed by atoms with Gasteiger partial charge < -0.3 is 4.74 Å². The first kappa shape index (κ1) is 14.2. The average molecular weight is 254 g/mol. The molecule has 6 nitrogen and oxygen atoms in total. The van der Waals surface area contributed by atoms with E-state index >= 15 is 0 Å². The fourth-order valence-electron chi connectivity index (χ4n) is 1.64. The van der Waals surface area contributed by atoms with E-state index in [9.17, 15) is 4.79 Å². The zero-order valence-corrected chi connectivity index (χ0v) is 10.4. The molecule has 19 heavy (non-hydrogen) atoms. The minimum Gasteiger partial charge on any atom is -0.468 e. The molecule has 1 heterocycles. The van der Waals surface area contributed by atoms with Gasteiger partial charge in [0.15, 0.2) is 5.92 Å². The molecular weight excluding hydrogens is 244 g/mol. The fourth-order valence-corrected chi connectivity index (χ4v) is 1.64. The maximum absolute atomic E-state index is 11.9. The molecule has 0 fully saturated rings. The third-order valence-electron chi connectivity index (χ3n) is 2.87. The van der Waals surface area contributed by atoms with E-state index < -0.39 is 17.3 Å². The Morgan fingerprint density at radius 2 is 2.00 bits per heavy atom. The Morgan fingerprint density at radius 1 is 1.37 bits per heavy atom. The quantitative estimate of drug-likeness (QED) is 0.745. The Hall–Kier alpha value is -2.91. The SMILES string of the molecule is COC(=O)C(C)(c1ccc(C#N)cn1)C(C#N)C#N. The Bertz CT molecular complexity index is 590. The molecule has 1 unspecified atom stereocenters. The summed E-state index contributed by atoms with van der Waals surface area (Å²) in [4.78, 5) is 15.9. The molecule has 0 amide bonds. The van der Waals surface area contributed by atoms with Gasteiger partial charge in [-0.05, 0) is 19.1 Å². The number of ether oxygens (including phenoxy) is 1. The van der Waals surface area contributed by atoms with Crippen molar-refractivity contribution in [3.8, 4) is 18.2 Å². The normalized spacial score (nSPS) is 12.6. The standard InChI is InChI=1S/C13H10N4O2/c1-13(12(18)19-2,10(6-15)7-16)11-4-3-9(5-14)8-17-11/h3-4,8,10H,1-2H3. The van der Waals surface area contributed by atoms with Gasteiger partial charge in [0, 0.05) is 6.20 Å². The summed E-state index contributed by atoms with van der Waals surface area (Å²) in [7, 11) is 1.18. The minimum absolute atomic E-state index is 0.214. The molecule has 1 rings (SSSR count). The number of hydrogen-bond acceptors (Lipinski definition) is 6. The fraction of sp³-hybridized carbons (Fsp3) is 0.308. The molecule has 6 heteroatoms. The van der Waals surface area contributed by atoms with Crippen LogP contribution in [-0.2, 0) is 14.9 Å². The molecule has 0 aromatic carbocycles. The number of rotatable bonds is 3. The van der Waals surface area contributed by atoms with E-state index in [1.165, 1.54) is 32.4 Å². The zero-order chi connectivity index (χ0) is 14.5. The van der Waals surface area contributed by atoms with E-state index in [1.54, 1.807) is 12.1 Å². The van der Waals surface area contributed by atoms with Crippen molar-refractivity contribution < 1.29 is 9.53 Å². The van der Waals surface area contributed by atoms with Crippen molar-refractivity contribution in [1.82, 2.24) is 4.98 Å². The van der Waals surface area contributed by atoms with Crippen LogP contribution >= 0.6 is 0 Å². The van der Waals surface area contributed by atoms with Crippen LogP contribution in [0.5, 0.6) is 0 Å². The molecule has 0 N–H and O–H groups in total. The van der Waals surface area contributed by atoms with Crippen LogP contribution in [0.15, 0.2) is 18.3 Å². The number of pyridine rings is 1. The second kappa shape index (κ2) is 5.62. The summed E-state index contributed by atoms with van der Waals surface area (Å²) in [5, 5.41) is 26.7. The van der Waals surface area contributed by atoms with Crippen LogP contribution < -0.4 is 0 Å². The number of nitriles is 3. The molecule has 0 spiro atoms. The van der Waals surface area contributed by atoms with E-state index in [4.69, 9.17) is 15.8 Å². The Morgan fingerprint density at radius 3 is 2.37 bits per heavy atom. The number of nitrogens with zero attached hydrogens (tertiary/aromatic N) is 4. The first-order chi connectivity index (χ1) is 9.04. The van der Waals surface area contributed by atoms with Gasteiger partial charge in [-0.3, -0.25) is 9.78 Å². The predicted molar refractivity (Wildman–Crippen MR) is 63.0 cm³/mol. The molecule has 0 bridgehead atoms. The first-order valence-corrected chi connectivity index (χ1v) is 5.28. The zero-order valence-electron chi connectivity index (χ0n) is 10.4. The van der Waals surface area contributed by atoms with Crippen LogP contribution in [-0.4, -0.2) is 18.1 Å². The molecule has 0 saturated heterocycles. The van der Waals surface area contributed by atoms with Crippen LogP contribution in [0.3, 0.4) is 0 Å². The molecular formula is C13H10N4O2. The Labute approximate surface area is 110 Å². The molecule has 1 aromatic heterocycles. The summed E-state index contributed by atoms with van der Waals surface area (Å²) < 4.78 is 4.66. The maximum atomic E-state index is 11.9. The van der Waals surface area contributed by atoms with Crippen molar-refractivity contribution in [3.63, 3.8) is 0 Å². The van der Waals surface area contributed by atoms with Crippen LogP contribution in [0.1, 0.15) is 18.2 Å². The van der Waals surface area contributed by atoms with Gasteiger partial charge in [0.2, 0.25) is 0 Å². The summed E-state index contributed by atoms with van der Waals surface area (Å²) in [5.41, 5.74) is -0.959. The van der Waals surface area contributed by atoms with Crippen LogP contribution in [0.25, 0.3) is 0 Å². The lowest BCUT2D eigenvalue weighted by Crippen LogP contribution is -2.41. The minimum atomic E-state index is -1.49. The van der Waals surface area contributed by atoms with Crippen molar-refractivity contribution in [2.45, 2.75) is 12.3 Å². The highest BCUT2D eigenvalue weighted by molar-refractivity contribution is 5.83. The van der Waals surface area contributed by atoms with Gasteiger partial charge in [-0.15, -0.1) is 0 Å². The molecule has 0 saturated carbocycles. The number of aromatic nitrogens is 1. The number of carbonyl (C=O) groups is 1. The Balaban J connectivity index is 3.41. The summed E-state index contributed by atoms with van der Waals surface area (Å²) in [6, 6.07) is 8.34.